The molecule has 27 heavy (non-hydrogen) atoms. The van der Waals surface area contributed by atoms with Crippen LogP contribution in [0.5, 0.6) is 0 Å². The minimum absolute atomic E-state index is 0.0765. The Bertz CT molecular complexity index is 894. The third-order valence-electron chi connectivity index (χ3n) is 4.88. The zero-order valence-corrected chi connectivity index (χ0v) is 15.6. The molecule has 2 atom stereocenters. The number of amidine groups is 2. The second kappa shape index (κ2) is 7.58. The highest BCUT2D eigenvalue weighted by atomic mass is 15.1. The van der Waals surface area contributed by atoms with Crippen LogP contribution < -0.4 is 5.32 Å². The average molecular weight is 353 g/mol. The molecule has 1 N–H and O–H groups in total. The van der Waals surface area contributed by atoms with Crippen LogP contribution in [-0.2, 0) is 0 Å². The number of benzene rings is 3. The van der Waals surface area contributed by atoms with Gasteiger partial charge >= 0.3 is 0 Å². The van der Waals surface area contributed by atoms with Gasteiger partial charge in [-0.2, -0.15) is 0 Å². The Morgan fingerprint density at radius 1 is 0.556 bits per heavy atom. The predicted molar refractivity (Wildman–Crippen MR) is 112 cm³/mol. The van der Waals surface area contributed by atoms with Crippen LogP contribution in [0.15, 0.2) is 94.9 Å². The van der Waals surface area contributed by atoms with Gasteiger partial charge in [0.15, 0.2) is 0 Å². The second-order valence-electron chi connectivity index (χ2n) is 6.80. The van der Waals surface area contributed by atoms with Crippen molar-refractivity contribution in [3.8, 4) is 0 Å². The molecule has 0 saturated heterocycles. The van der Waals surface area contributed by atoms with Crippen molar-refractivity contribution in [3.05, 3.63) is 107 Å². The molecule has 3 nitrogen and oxygen atoms in total. The van der Waals surface area contributed by atoms with E-state index in [4.69, 9.17) is 9.98 Å². The summed E-state index contributed by atoms with van der Waals surface area (Å²) in [5.41, 5.74) is 4.62. The van der Waals surface area contributed by atoms with Crippen LogP contribution in [0.3, 0.4) is 0 Å². The molecule has 0 saturated carbocycles. The molecule has 0 aromatic heterocycles. The van der Waals surface area contributed by atoms with Gasteiger partial charge in [0.2, 0.25) is 0 Å². The van der Waals surface area contributed by atoms with Gasteiger partial charge in [0, 0.05) is 11.1 Å². The molecule has 3 heteroatoms. The summed E-state index contributed by atoms with van der Waals surface area (Å²) in [6.45, 7) is 4.24. The average Bonchev–Trinajstić information content (AvgIpc) is 3.06. The van der Waals surface area contributed by atoms with Crippen LogP contribution in [0, 0.1) is 0 Å². The Labute approximate surface area is 160 Å². The van der Waals surface area contributed by atoms with Crippen LogP contribution in [0.1, 0.15) is 48.2 Å². The summed E-state index contributed by atoms with van der Waals surface area (Å²) >= 11 is 0. The van der Waals surface area contributed by atoms with E-state index < -0.39 is 0 Å². The first kappa shape index (κ1) is 17.2. The highest BCUT2D eigenvalue weighted by Gasteiger charge is 2.24. The van der Waals surface area contributed by atoms with Crippen molar-refractivity contribution in [3.63, 3.8) is 0 Å². The minimum atomic E-state index is 0.0765. The fourth-order valence-corrected chi connectivity index (χ4v) is 3.35. The van der Waals surface area contributed by atoms with Crippen molar-refractivity contribution in [1.29, 1.82) is 0 Å². The normalized spacial score (nSPS) is 18.1. The first-order chi connectivity index (χ1) is 13.2. The molecule has 1 aliphatic rings. The predicted octanol–water partition coefficient (Wildman–Crippen LogP) is 5.31. The zero-order chi connectivity index (χ0) is 18.6. The van der Waals surface area contributed by atoms with Gasteiger partial charge < -0.3 is 5.32 Å². The first-order valence-electron chi connectivity index (χ1n) is 9.34. The molecule has 1 aliphatic heterocycles. The Morgan fingerprint density at radius 2 is 0.926 bits per heavy atom. The summed E-state index contributed by atoms with van der Waals surface area (Å²) in [6.07, 6.45) is 0. The van der Waals surface area contributed by atoms with Crippen molar-refractivity contribution in [2.24, 2.45) is 9.98 Å². The molecule has 4 rings (SSSR count). The van der Waals surface area contributed by atoms with Gasteiger partial charge in [-0.1, -0.05) is 84.9 Å². The Balaban J connectivity index is 1.67. The summed E-state index contributed by atoms with van der Waals surface area (Å²) in [6, 6.07) is 29.2. The summed E-state index contributed by atoms with van der Waals surface area (Å²) in [5.74, 6) is 1.78. The molecule has 1 heterocycles. The van der Waals surface area contributed by atoms with Crippen molar-refractivity contribution in [2.45, 2.75) is 25.9 Å². The lowest BCUT2D eigenvalue weighted by Gasteiger charge is -2.10. The third kappa shape index (κ3) is 3.68. The van der Waals surface area contributed by atoms with Gasteiger partial charge in [-0.25, -0.2) is 0 Å². The number of rotatable bonds is 4. The highest BCUT2D eigenvalue weighted by Crippen LogP contribution is 2.24. The van der Waals surface area contributed by atoms with Crippen molar-refractivity contribution in [2.75, 3.05) is 0 Å². The topological polar surface area (TPSA) is 36.8 Å². The largest absolute Gasteiger partial charge is 0.324 e. The van der Waals surface area contributed by atoms with Gasteiger partial charge in [-0.05, 0) is 25.0 Å². The van der Waals surface area contributed by atoms with E-state index in [0.717, 1.165) is 22.8 Å². The molecule has 0 bridgehead atoms. The van der Waals surface area contributed by atoms with E-state index >= 15 is 0 Å². The zero-order valence-electron chi connectivity index (χ0n) is 15.6. The summed E-state index contributed by atoms with van der Waals surface area (Å²) in [7, 11) is 0. The molecule has 2 unspecified atom stereocenters. The summed E-state index contributed by atoms with van der Waals surface area (Å²) < 4.78 is 0. The van der Waals surface area contributed by atoms with Crippen LogP contribution in [-0.4, -0.2) is 11.7 Å². The molecule has 0 aliphatic carbocycles. The van der Waals surface area contributed by atoms with E-state index in [1.54, 1.807) is 0 Å². The van der Waals surface area contributed by atoms with Crippen molar-refractivity contribution in [1.82, 2.24) is 5.32 Å². The van der Waals surface area contributed by atoms with Gasteiger partial charge in [0.25, 0.3) is 0 Å². The summed E-state index contributed by atoms with van der Waals surface area (Å²) in [5, 5.41) is 3.46. The van der Waals surface area contributed by atoms with E-state index in [9.17, 15) is 0 Å². The fourth-order valence-electron chi connectivity index (χ4n) is 3.35. The molecular formula is C24H23N3. The number of nitrogens with zero attached hydrogens (tertiary/aromatic N) is 2. The molecule has 0 amide bonds. The van der Waals surface area contributed by atoms with E-state index in [0.29, 0.717) is 0 Å². The Morgan fingerprint density at radius 3 is 1.33 bits per heavy atom. The lowest BCUT2D eigenvalue weighted by Crippen LogP contribution is -2.23. The number of aliphatic imine (C=N–C) groups is 2. The van der Waals surface area contributed by atoms with Crippen molar-refractivity contribution < 1.29 is 0 Å². The van der Waals surface area contributed by atoms with Gasteiger partial charge in [0.1, 0.15) is 11.7 Å². The molecule has 134 valence electrons. The van der Waals surface area contributed by atoms with Gasteiger partial charge in [-0.3, -0.25) is 9.98 Å². The standard InChI is InChI=1S/C24H23N3/c1-17(19-11-5-3-6-12-19)25-23-21-15-9-10-16-22(21)24(27-23)26-18(2)20-13-7-4-8-14-20/h3-18H,1-2H3,(H,25,26,27). The van der Waals surface area contributed by atoms with Gasteiger partial charge in [0.05, 0.1) is 12.1 Å². The molecule has 3 aromatic rings. The van der Waals surface area contributed by atoms with Crippen LogP contribution in [0.25, 0.3) is 0 Å². The Kier molecular flexibility index (Phi) is 4.84. The molecule has 3 aromatic carbocycles. The monoisotopic (exact) mass is 353 g/mol. The smallest absolute Gasteiger partial charge is 0.135 e. The van der Waals surface area contributed by atoms with Gasteiger partial charge in [-0.15, -0.1) is 0 Å². The minimum Gasteiger partial charge on any atom is -0.324 e. The lowest BCUT2D eigenvalue weighted by atomic mass is 10.1. The lowest BCUT2D eigenvalue weighted by molar-refractivity contribution is 0.809. The number of hydrogen-bond acceptors (Lipinski definition) is 2. The third-order valence-corrected chi connectivity index (χ3v) is 4.88. The molecular weight excluding hydrogens is 330 g/mol. The van der Waals surface area contributed by atoms with Crippen LogP contribution in [0.2, 0.25) is 0 Å². The SMILES string of the molecule is CC(N=C1NC(=NC(C)c2ccccc2)c2ccccc21)c1ccccc1. The molecule has 0 radical (unpaired) electrons. The van der Waals surface area contributed by atoms with E-state index in [-0.39, 0.29) is 12.1 Å². The molecule has 0 fully saturated rings. The highest BCUT2D eigenvalue weighted by molar-refractivity contribution is 6.25. The van der Waals surface area contributed by atoms with E-state index in [1.807, 2.05) is 24.3 Å². The maximum Gasteiger partial charge on any atom is 0.135 e. The number of nitrogens with one attached hydrogen (secondary N) is 1. The van der Waals surface area contributed by atoms with Crippen LogP contribution >= 0.6 is 0 Å². The van der Waals surface area contributed by atoms with Crippen LogP contribution in [0.4, 0.5) is 0 Å². The fraction of sp³-hybridized carbons (Fsp3) is 0.167. The number of fused-ring (bicyclic) bond motifs is 1. The maximum atomic E-state index is 4.94. The molecule has 0 spiro atoms. The summed E-state index contributed by atoms with van der Waals surface area (Å²) in [4.78, 5) is 9.89. The second-order valence-corrected chi connectivity index (χ2v) is 6.80. The van der Waals surface area contributed by atoms with E-state index in [2.05, 4.69) is 79.8 Å². The van der Waals surface area contributed by atoms with E-state index in [1.165, 1.54) is 11.1 Å². The maximum absolute atomic E-state index is 4.94. The Hall–Kier alpha value is -3.20. The first-order valence-corrected chi connectivity index (χ1v) is 9.34. The number of hydrogen-bond donors (Lipinski definition) is 1. The quantitative estimate of drug-likeness (QED) is 0.678. The van der Waals surface area contributed by atoms with Crippen molar-refractivity contribution >= 4 is 11.7 Å².